The van der Waals surface area contributed by atoms with Crippen molar-refractivity contribution in [1.29, 1.82) is 0 Å². The van der Waals surface area contributed by atoms with E-state index in [9.17, 15) is 18.8 Å². The van der Waals surface area contributed by atoms with Crippen LogP contribution in [0.25, 0.3) is 0 Å². The molecule has 0 spiro atoms. The highest BCUT2D eigenvalue weighted by Crippen LogP contribution is 2.32. The number of hydrogen-bond acceptors (Lipinski definition) is 9. The summed E-state index contributed by atoms with van der Waals surface area (Å²) >= 11 is 1.21. The summed E-state index contributed by atoms with van der Waals surface area (Å²) in [5.41, 5.74) is 10.5. The van der Waals surface area contributed by atoms with Crippen LogP contribution in [-0.2, 0) is 30.5 Å². The lowest BCUT2D eigenvalue weighted by atomic mass is 10.0. The van der Waals surface area contributed by atoms with E-state index in [0.29, 0.717) is 26.8 Å². The van der Waals surface area contributed by atoms with Crippen molar-refractivity contribution in [2.45, 2.75) is 31.6 Å². The minimum Gasteiger partial charge on any atom is -0.457 e. The number of rotatable bonds is 12. The first-order valence-electron chi connectivity index (χ1n) is 13.7. The summed E-state index contributed by atoms with van der Waals surface area (Å²) < 4.78 is 39.3. The monoisotopic (exact) mass is 642 g/mol. The Bertz CT molecular complexity index is 1580. The first-order chi connectivity index (χ1) is 21.5. The van der Waals surface area contributed by atoms with Crippen LogP contribution >= 0.6 is 11.3 Å². The summed E-state index contributed by atoms with van der Waals surface area (Å²) in [5.74, 6) is -1.14. The molecule has 0 saturated carbocycles. The van der Waals surface area contributed by atoms with Gasteiger partial charge in [-0.1, -0.05) is 5.16 Å². The molecule has 2 amide bonds. The molecule has 2 atom stereocenters. The number of aliphatic imine (C=N–C) groups is 1. The van der Waals surface area contributed by atoms with E-state index in [4.69, 9.17) is 20.9 Å². The Morgan fingerprint density at radius 3 is 2.36 bits per heavy atom. The quantitative estimate of drug-likeness (QED) is 0.117. The van der Waals surface area contributed by atoms with Crippen LogP contribution < -0.4 is 21.5 Å². The molecule has 1 aliphatic rings. The van der Waals surface area contributed by atoms with Crippen molar-refractivity contribution >= 4 is 40.8 Å². The summed E-state index contributed by atoms with van der Waals surface area (Å²) in [6.45, 7) is 0.208. The number of ether oxygens (including phenoxy) is 2. The van der Waals surface area contributed by atoms with Crippen molar-refractivity contribution in [1.82, 2.24) is 10.2 Å². The molecule has 0 aliphatic carbocycles. The average molecular weight is 643 g/mol. The topological polar surface area (TPSA) is 171 Å². The Morgan fingerprint density at radius 2 is 1.71 bits per heavy atom. The smallest absolute Gasteiger partial charge is 0.332 e. The van der Waals surface area contributed by atoms with E-state index in [2.05, 4.69) is 20.3 Å². The van der Waals surface area contributed by atoms with Crippen molar-refractivity contribution in [2.75, 3.05) is 26.8 Å². The van der Waals surface area contributed by atoms with E-state index >= 15 is 4.39 Å². The zero-order chi connectivity index (χ0) is 32.6. The van der Waals surface area contributed by atoms with Gasteiger partial charge in [0.15, 0.2) is 11.5 Å². The molecule has 15 heteroatoms. The lowest BCUT2D eigenvalue weighted by Gasteiger charge is -2.23. The minimum atomic E-state index is -1.93. The van der Waals surface area contributed by atoms with Gasteiger partial charge in [-0.25, -0.2) is 13.6 Å². The highest BCUT2D eigenvalue weighted by Gasteiger charge is 2.49. The lowest BCUT2D eigenvalue weighted by Crippen LogP contribution is -2.46. The maximum atomic E-state index is 15.5. The molecule has 0 bridgehead atoms. The molecule has 1 saturated heterocycles. The van der Waals surface area contributed by atoms with Crippen LogP contribution in [0.1, 0.15) is 28.7 Å². The van der Waals surface area contributed by atoms with Crippen LogP contribution in [0.15, 0.2) is 70.8 Å². The van der Waals surface area contributed by atoms with E-state index in [1.807, 2.05) is 0 Å². The molecule has 0 radical (unpaired) electrons. The van der Waals surface area contributed by atoms with Gasteiger partial charge in [0.25, 0.3) is 0 Å². The molecule has 3 aromatic rings. The number of nitrogens with two attached hydrogens (primary N) is 2. The van der Waals surface area contributed by atoms with Gasteiger partial charge in [0.2, 0.25) is 11.8 Å². The highest BCUT2D eigenvalue weighted by atomic mass is 32.1. The molecule has 1 aliphatic heterocycles. The zero-order valence-electron chi connectivity index (χ0n) is 24.5. The van der Waals surface area contributed by atoms with E-state index in [1.165, 1.54) is 49.6 Å². The van der Waals surface area contributed by atoms with Crippen molar-refractivity contribution in [3.63, 3.8) is 0 Å². The Hall–Kier alpha value is -4.89. The third-order valence-corrected chi connectivity index (χ3v) is 7.73. The number of nitrogens with one attached hydrogen (secondary N) is 1. The van der Waals surface area contributed by atoms with Gasteiger partial charge in [0, 0.05) is 30.9 Å². The maximum Gasteiger partial charge on any atom is 0.332 e. The fourth-order valence-corrected chi connectivity index (χ4v) is 5.37. The molecule has 1 aromatic heterocycles. The highest BCUT2D eigenvalue weighted by molar-refractivity contribution is 7.14. The van der Waals surface area contributed by atoms with Gasteiger partial charge in [-0.05, 0) is 60.7 Å². The van der Waals surface area contributed by atoms with E-state index < -0.39 is 36.0 Å². The molecular formula is C30H32F2N6O6S. The first kappa shape index (κ1) is 33.0. The largest absolute Gasteiger partial charge is 0.457 e. The van der Waals surface area contributed by atoms with Crippen molar-refractivity contribution < 1.29 is 37.5 Å². The normalized spacial score (nSPS) is 18.5. The van der Waals surface area contributed by atoms with Gasteiger partial charge in [0.05, 0.1) is 24.6 Å². The molecule has 238 valence electrons. The number of carbonyl (C=O) groups is 3. The second-order valence-corrected chi connectivity index (χ2v) is 11.3. The predicted octanol–water partition coefficient (Wildman–Crippen LogP) is 2.84. The first-order valence-corrected chi connectivity index (χ1v) is 14.5. The van der Waals surface area contributed by atoms with Crippen molar-refractivity contribution in [3.8, 4) is 11.5 Å². The molecule has 5 N–H and O–H groups in total. The SMILES string of the molecule is COC[C@@]1(F)C[C@@H](C(=O)NCc2ccc(C(N)=NOC(C)=O)s2)N(C(=O)CN=C(N)c2ccc(Oc3ccc(F)cc3)cc2)C1. The number of amidine groups is 2. The summed E-state index contributed by atoms with van der Waals surface area (Å²) in [4.78, 5) is 48.4. The summed E-state index contributed by atoms with van der Waals surface area (Å²) in [7, 11) is 1.34. The number of alkyl halides is 1. The minimum absolute atomic E-state index is 0.00350. The number of hydrogen-bond donors (Lipinski definition) is 3. The predicted molar refractivity (Wildman–Crippen MR) is 163 cm³/mol. The van der Waals surface area contributed by atoms with Gasteiger partial charge >= 0.3 is 5.97 Å². The number of carbonyl (C=O) groups excluding carboxylic acids is 3. The molecule has 45 heavy (non-hydrogen) atoms. The Labute approximate surface area is 261 Å². The van der Waals surface area contributed by atoms with Crippen LogP contribution in [0, 0.1) is 5.82 Å². The lowest BCUT2D eigenvalue weighted by molar-refractivity contribution is -0.141. The van der Waals surface area contributed by atoms with E-state index in [1.54, 1.807) is 36.4 Å². The Balaban J connectivity index is 1.38. The molecule has 4 rings (SSSR count). The number of likely N-dealkylation sites (tertiary alicyclic amines) is 1. The Morgan fingerprint density at radius 1 is 1.04 bits per heavy atom. The van der Waals surface area contributed by atoms with Crippen LogP contribution in [0.5, 0.6) is 11.5 Å². The van der Waals surface area contributed by atoms with Crippen molar-refractivity contribution in [3.05, 3.63) is 81.8 Å². The molecule has 12 nitrogen and oxygen atoms in total. The summed E-state index contributed by atoms with van der Waals surface area (Å²) in [5, 5.41) is 6.27. The third-order valence-electron chi connectivity index (χ3n) is 6.62. The van der Waals surface area contributed by atoms with Crippen LogP contribution in [0.4, 0.5) is 8.78 Å². The Kier molecular flexibility index (Phi) is 10.8. The van der Waals surface area contributed by atoms with Crippen LogP contribution in [0.3, 0.4) is 0 Å². The molecule has 1 fully saturated rings. The second kappa shape index (κ2) is 14.7. The zero-order valence-corrected chi connectivity index (χ0v) is 25.3. The number of halogens is 2. The number of thiophene rings is 1. The summed E-state index contributed by atoms with van der Waals surface area (Å²) in [6, 6.07) is 14.4. The fraction of sp³-hybridized carbons (Fsp3) is 0.300. The summed E-state index contributed by atoms with van der Waals surface area (Å²) in [6.07, 6.45) is -0.259. The second-order valence-electron chi connectivity index (χ2n) is 10.2. The van der Waals surface area contributed by atoms with Gasteiger partial charge in [-0.3, -0.25) is 14.6 Å². The van der Waals surface area contributed by atoms with Gasteiger partial charge in [0.1, 0.15) is 35.7 Å². The number of oxime groups is 1. The number of benzene rings is 2. The fourth-order valence-electron chi connectivity index (χ4n) is 4.52. The van der Waals surface area contributed by atoms with Crippen LogP contribution in [0.2, 0.25) is 0 Å². The number of amides is 2. The molecule has 2 aromatic carbocycles. The third kappa shape index (κ3) is 9.06. The van der Waals surface area contributed by atoms with Gasteiger partial charge in [-0.15, -0.1) is 11.3 Å². The average Bonchev–Trinajstić information content (AvgIpc) is 3.64. The number of nitrogens with zero attached hydrogens (tertiary/aromatic N) is 3. The van der Waals surface area contributed by atoms with Gasteiger partial charge < -0.3 is 36.0 Å². The number of methoxy groups -OCH3 is 1. The van der Waals surface area contributed by atoms with Crippen LogP contribution in [-0.4, -0.2) is 72.9 Å². The van der Waals surface area contributed by atoms with Crippen molar-refractivity contribution in [2.24, 2.45) is 21.6 Å². The molecule has 2 heterocycles. The van der Waals surface area contributed by atoms with E-state index in [-0.39, 0.29) is 43.6 Å². The molecular weight excluding hydrogens is 610 g/mol. The maximum absolute atomic E-state index is 15.5. The van der Waals surface area contributed by atoms with Gasteiger partial charge in [-0.2, -0.15) is 0 Å². The molecule has 0 unspecified atom stereocenters. The standard InChI is InChI=1S/C30H32F2N6O6S/c1-18(39)44-37-28(34)25-12-11-23(45-25)14-36-29(41)24-13-30(32,17-42-2)16-38(24)26(40)15-35-27(33)19-3-7-21(8-4-19)43-22-9-5-20(31)6-10-22/h3-12,24H,13-17H2,1-2H3,(H2,33,35)(H2,34,37)(H,36,41)/t24-,30+/m0/s1. The van der Waals surface area contributed by atoms with E-state index in [0.717, 1.165) is 4.90 Å².